The SMILES string of the molecule is COc1ccc(C)c(-c2cnc(N)nc2Nc2cnc3ccccc3c2)c1. The minimum atomic E-state index is 0.204. The first kappa shape index (κ1) is 16.8. The van der Waals surface area contributed by atoms with Gasteiger partial charge in [0.2, 0.25) is 5.95 Å². The molecule has 4 aromatic rings. The van der Waals surface area contributed by atoms with Gasteiger partial charge in [-0.2, -0.15) is 4.98 Å². The molecule has 0 aliphatic rings. The predicted molar refractivity (Wildman–Crippen MR) is 108 cm³/mol. The lowest BCUT2D eigenvalue weighted by Crippen LogP contribution is -2.03. The molecule has 4 rings (SSSR count). The first-order chi connectivity index (χ1) is 13.1. The third-order valence-electron chi connectivity index (χ3n) is 4.40. The van der Waals surface area contributed by atoms with E-state index in [9.17, 15) is 0 Å². The number of pyridine rings is 1. The van der Waals surface area contributed by atoms with E-state index in [0.29, 0.717) is 5.82 Å². The van der Waals surface area contributed by atoms with E-state index in [-0.39, 0.29) is 5.95 Å². The molecule has 0 saturated carbocycles. The van der Waals surface area contributed by atoms with Crippen molar-refractivity contribution < 1.29 is 4.74 Å². The molecule has 2 aromatic heterocycles. The second-order valence-corrected chi connectivity index (χ2v) is 6.21. The Bertz CT molecular complexity index is 1130. The van der Waals surface area contributed by atoms with Crippen LogP contribution in [0.15, 0.2) is 60.9 Å². The van der Waals surface area contributed by atoms with Gasteiger partial charge in [0, 0.05) is 17.1 Å². The van der Waals surface area contributed by atoms with Crippen LogP contribution in [0.4, 0.5) is 17.5 Å². The topological polar surface area (TPSA) is 86.0 Å². The van der Waals surface area contributed by atoms with Gasteiger partial charge in [-0.1, -0.05) is 24.3 Å². The highest BCUT2D eigenvalue weighted by Crippen LogP contribution is 2.33. The molecule has 134 valence electrons. The lowest BCUT2D eigenvalue weighted by molar-refractivity contribution is 0.415. The average Bonchev–Trinajstić information content (AvgIpc) is 2.69. The zero-order valence-electron chi connectivity index (χ0n) is 15.1. The van der Waals surface area contributed by atoms with Gasteiger partial charge in [0.1, 0.15) is 11.6 Å². The van der Waals surface area contributed by atoms with Gasteiger partial charge in [-0.15, -0.1) is 0 Å². The number of nitrogens with one attached hydrogen (secondary N) is 1. The van der Waals surface area contributed by atoms with E-state index in [4.69, 9.17) is 10.5 Å². The Morgan fingerprint density at radius 2 is 1.81 bits per heavy atom. The van der Waals surface area contributed by atoms with E-state index in [2.05, 4.69) is 20.3 Å². The summed E-state index contributed by atoms with van der Waals surface area (Å²) in [5.41, 5.74) is 10.5. The summed E-state index contributed by atoms with van der Waals surface area (Å²) in [6.07, 6.45) is 3.50. The molecule has 6 nitrogen and oxygen atoms in total. The van der Waals surface area contributed by atoms with Gasteiger partial charge in [0.15, 0.2) is 0 Å². The quantitative estimate of drug-likeness (QED) is 0.565. The van der Waals surface area contributed by atoms with E-state index >= 15 is 0 Å². The monoisotopic (exact) mass is 357 g/mol. The number of nitrogens with zero attached hydrogens (tertiary/aromatic N) is 3. The highest BCUT2D eigenvalue weighted by Gasteiger charge is 2.13. The van der Waals surface area contributed by atoms with Crippen molar-refractivity contribution in [1.29, 1.82) is 0 Å². The lowest BCUT2D eigenvalue weighted by atomic mass is 10.0. The molecule has 3 N–H and O–H groups in total. The smallest absolute Gasteiger partial charge is 0.221 e. The molecule has 2 heterocycles. The first-order valence-corrected chi connectivity index (χ1v) is 8.53. The van der Waals surface area contributed by atoms with Crippen LogP contribution in [0.1, 0.15) is 5.56 Å². The van der Waals surface area contributed by atoms with Gasteiger partial charge < -0.3 is 15.8 Å². The summed E-state index contributed by atoms with van der Waals surface area (Å²) in [5.74, 6) is 1.59. The van der Waals surface area contributed by atoms with Crippen LogP contribution in [0.3, 0.4) is 0 Å². The van der Waals surface area contributed by atoms with E-state index in [0.717, 1.165) is 39.0 Å². The number of rotatable bonds is 4. The molecule has 27 heavy (non-hydrogen) atoms. The molecule has 2 aromatic carbocycles. The Kier molecular flexibility index (Phi) is 4.30. The third kappa shape index (κ3) is 3.37. The number of hydrogen-bond donors (Lipinski definition) is 2. The number of anilines is 3. The van der Waals surface area contributed by atoms with Crippen LogP contribution in [-0.2, 0) is 0 Å². The van der Waals surface area contributed by atoms with Crippen LogP contribution in [-0.4, -0.2) is 22.1 Å². The maximum absolute atomic E-state index is 5.84. The summed E-state index contributed by atoms with van der Waals surface area (Å²) in [6.45, 7) is 2.03. The molecule has 0 bridgehead atoms. The number of methoxy groups -OCH3 is 1. The zero-order chi connectivity index (χ0) is 18.8. The summed E-state index contributed by atoms with van der Waals surface area (Å²) in [5, 5.41) is 4.38. The van der Waals surface area contributed by atoms with E-state index < -0.39 is 0 Å². The number of nitrogen functional groups attached to an aromatic ring is 1. The number of benzene rings is 2. The number of aryl methyl sites for hydroxylation is 1. The van der Waals surface area contributed by atoms with Crippen LogP contribution in [0.2, 0.25) is 0 Å². The van der Waals surface area contributed by atoms with Gasteiger partial charge in [0.05, 0.1) is 24.5 Å². The van der Waals surface area contributed by atoms with Crippen molar-refractivity contribution in [3.63, 3.8) is 0 Å². The van der Waals surface area contributed by atoms with Crippen LogP contribution < -0.4 is 15.8 Å². The van der Waals surface area contributed by atoms with Crippen molar-refractivity contribution in [1.82, 2.24) is 15.0 Å². The van der Waals surface area contributed by atoms with Crippen molar-refractivity contribution in [2.45, 2.75) is 6.92 Å². The number of fused-ring (bicyclic) bond motifs is 1. The molecule has 0 atom stereocenters. The zero-order valence-corrected chi connectivity index (χ0v) is 15.1. The van der Waals surface area contributed by atoms with Gasteiger partial charge in [-0.05, 0) is 42.3 Å². The molecular formula is C21H19N5O. The number of para-hydroxylation sites is 1. The van der Waals surface area contributed by atoms with Crippen molar-refractivity contribution in [2.75, 3.05) is 18.2 Å². The summed E-state index contributed by atoms with van der Waals surface area (Å²) in [7, 11) is 1.65. The normalized spacial score (nSPS) is 10.7. The van der Waals surface area contributed by atoms with Crippen LogP contribution in [0.25, 0.3) is 22.0 Å². The molecule has 0 amide bonds. The van der Waals surface area contributed by atoms with E-state index in [1.807, 2.05) is 55.5 Å². The van der Waals surface area contributed by atoms with E-state index in [1.165, 1.54) is 0 Å². The second kappa shape index (κ2) is 6.92. The summed E-state index contributed by atoms with van der Waals surface area (Å²) >= 11 is 0. The third-order valence-corrected chi connectivity index (χ3v) is 4.40. The van der Waals surface area contributed by atoms with Crippen molar-refractivity contribution in [3.05, 3.63) is 66.5 Å². The van der Waals surface area contributed by atoms with Gasteiger partial charge >= 0.3 is 0 Å². The highest BCUT2D eigenvalue weighted by molar-refractivity contribution is 5.85. The Morgan fingerprint density at radius 1 is 0.963 bits per heavy atom. The second-order valence-electron chi connectivity index (χ2n) is 6.21. The predicted octanol–water partition coefficient (Wildman–Crippen LogP) is 4.33. The molecule has 0 aliphatic heterocycles. The fourth-order valence-corrected chi connectivity index (χ4v) is 2.98. The van der Waals surface area contributed by atoms with Gasteiger partial charge in [-0.25, -0.2) is 4.98 Å². The van der Waals surface area contributed by atoms with Crippen molar-refractivity contribution >= 4 is 28.4 Å². The molecule has 0 saturated heterocycles. The Hall–Kier alpha value is -3.67. The molecule has 0 aliphatic carbocycles. The summed E-state index contributed by atoms with van der Waals surface area (Å²) < 4.78 is 5.37. The minimum Gasteiger partial charge on any atom is -0.497 e. The molecular weight excluding hydrogens is 338 g/mol. The largest absolute Gasteiger partial charge is 0.497 e. The molecule has 0 radical (unpaired) electrons. The lowest BCUT2D eigenvalue weighted by Gasteiger charge is -2.14. The Balaban J connectivity index is 1.79. The van der Waals surface area contributed by atoms with Crippen LogP contribution >= 0.6 is 0 Å². The number of aromatic nitrogens is 3. The first-order valence-electron chi connectivity index (χ1n) is 8.53. The Morgan fingerprint density at radius 3 is 2.67 bits per heavy atom. The van der Waals surface area contributed by atoms with Crippen molar-refractivity contribution in [2.24, 2.45) is 0 Å². The standard InChI is InChI=1S/C21H19N5O/c1-13-7-8-16(27-2)10-17(13)18-12-24-21(22)26-20(18)25-15-9-14-5-3-4-6-19(14)23-11-15/h3-12H,1-2H3,(H3,22,24,25,26). The molecule has 0 unspecified atom stereocenters. The molecule has 6 heteroatoms. The number of ether oxygens (including phenoxy) is 1. The van der Waals surface area contributed by atoms with Crippen LogP contribution in [0, 0.1) is 6.92 Å². The number of hydrogen-bond acceptors (Lipinski definition) is 6. The van der Waals surface area contributed by atoms with Crippen LogP contribution in [0.5, 0.6) is 5.75 Å². The minimum absolute atomic E-state index is 0.204. The maximum atomic E-state index is 5.84. The fourth-order valence-electron chi connectivity index (χ4n) is 2.98. The molecule has 0 fully saturated rings. The van der Waals surface area contributed by atoms with Crippen molar-refractivity contribution in [3.8, 4) is 16.9 Å². The summed E-state index contributed by atoms with van der Waals surface area (Å²) in [4.78, 5) is 13.1. The van der Waals surface area contributed by atoms with E-state index in [1.54, 1.807) is 19.5 Å². The average molecular weight is 357 g/mol. The Labute approximate surface area is 157 Å². The fraction of sp³-hybridized carbons (Fsp3) is 0.0952. The summed E-state index contributed by atoms with van der Waals surface area (Å²) in [6, 6.07) is 15.9. The molecule has 0 spiro atoms. The maximum Gasteiger partial charge on any atom is 0.221 e. The highest BCUT2D eigenvalue weighted by atomic mass is 16.5. The number of nitrogens with two attached hydrogens (primary N) is 1. The van der Waals surface area contributed by atoms with Gasteiger partial charge in [-0.3, -0.25) is 4.98 Å². The van der Waals surface area contributed by atoms with Gasteiger partial charge in [0.25, 0.3) is 0 Å².